The summed E-state index contributed by atoms with van der Waals surface area (Å²) in [6, 6.07) is 11.9. The number of carbonyl (C=O) groups is 1. The number of hydrogen-bond acceptors (Lipinski definition) is 4. The molecule has 1 heterocycles. The van der Waals surface area contributed by atoms with Crippen LogP contribution in [0.2, 0.25) is 5.02 Å². The van der Waals surface area contributed by atoms with Crippen LogP contribution in [0.1, 0.15) is 10.4 Å². The first-order chi connectivity index (χ1) is 12.5. The van der Waals surface area contributed by atoms with Crippen LogP contribution >= 0.6 is 22.9 Å². The van der Waals surface area contributed by atoms with Crippen molar-refractivity contribution in [2.45, 2.75) is 13.3 Å². The fraction of sp³-hybridized carbons (Fsp3) is 0.158. The number of anilines is 1. The van der Waals surface area contributed by atoms with Gasteiger partial charge in [0.15, 0.2) is 5.13 Å². The average molecular weight is 391 g/mol. The number of ether oxygens (including phenoxy) is 1. The minimum atomic E-state index is -0.498. The molecule has 0 bridgehead atoms. The Labute approximate surface area is 159 Å². The predicted molar refractivity (Wildman–Crippen MR) is 103 cm³/mol. The summed E-state index contributed by atoms with van der Waals surface area (Å²) in [6.45, 7) is 1.93. The monoisotopic (exact) mass is 390 g/mol. The summed E-state index contributed by atoms with van der Waals surface area (Å²) in [7, 11) is 1.61. The summed E-state index contributed by atoms with van der Waals surface area (Å²) < 4.78 is 19.0. The van der Waals surface area contributed by atoms with E-state index in [1.165, 1.54) is 23.5 Å². The van der Waals surface area contributed by atoms with Gasteiger partial charge in [0.25, 0.3) is 0 Å². The lowest BCUT2D eigenvalue weighted by Gasteiger charge is -2.05. The highest BCUT2D eigenvalue weighted by atomic mass is 35.5. The summed E-state index contributed by atoms with van der Waals surface area (Å²) in [4.78, 5) is 17.7. The minimum absolute atomic E-state index is 0.151. The Morgan fingerprint density at radius 3 is 2.65 bits per heavy atom. The quantitative estimate of drug-likeness (QED) is 0.659. The van der Waals surface area contributed by atoms with E-state index in [0.717, 1.165) is 21.9 Å². The predicted octanol–water partition coefficient (Wildman–Crippen LogP) is 5.10. The average Bonchev–Trinajstić information content (AvgIpc) is 2.98. The molecule has 7 heteroatoms. The Morgan fingerprint density at radius 2 is 2.00 bits per heavy atom. The third-order valence-electron chi connectivity index (χ3n) is 3.81. The van der Waals surface area contributed by atoms with Crippen molar-refractivity contribution < 1.29 is 13.9 Å². The number of carbonyl (C=O) groups excluding carboxylic acids is 1. The lowest BCUT2D eigenvalue weighted by molar-refractivity contribution is -0.115. The number of hydrogen-bond donors (Lipinski definition) is 1. The summed E-state index contributed by atoms with van der Waals surface area (Å²) in [5.41, 5.74) is 1.89. The van der Waals surface area contributed by atoms with E-state index in [1.54, 1.807) is 13.2 Å². The first-order valence-corrected chi connectivity index (χ1v) is 9.02. The molecule has 1 amide bonds. The fourth-order valence-corrected chi connectivity index (χ4v) is 3.57. The number of halogens is 2. The highest BCUT2D eigenvalue weighted by Gasteiger charge is 2.15. The van der Waals surface area contributed by atoms with Crippen LogP contribution in [0.3, 0.4) is 0 Å². The van der Waals surface area contributed by atoms with E-state index in [1.807, 2.05) is 31.2 Å². The van der Waals surface area contributed by atoms with Gasteiger partial charge < -0.3 is 10.1 Å². The Bertz CT molecular complexity index is 921. The largest absolute Gasteiger partial charge is 0.497 e. The Kier molecular flexibility index (Phi) is 5.54. The topological polar surface area (TPSA) is 51.2 Å². The number of thiazole rings is 1. The number of methoxy groups -OCH3 is 1. The zero-order valence-corrected chi connectivity index (χ0v) is 15.7. The molecule has 0 saturated carbocycles. The van der Waals surface area contributed by atoms with Crippen molar-refractivity contribution >= 4 is 34.0 Å². The molecule has 4 nitrogen and oxygen atoms in total. The van der Waals surface area contributed by atoms with E-state index in [9.17, 15) is 9.18 Å². The van der Waals surface area contributed by atoms with Gasteiger partial charge in [-0.3, -0.25) is 4.79 Å². The van der Waals surface area contributed by atoms with Crippen LogP contribution in [0.5, 0.6) is 5.75 Å². The van der Waals surface area contributed by atoms with Crippen molar-refractivity contribution in [3.05, 3.63) is 63.7 Å². The molecule has 0 fully saturated rings. The molecule has 134 valence electrons. The van der Waals surface area contributed by atoms with Crippen LogP contribution in [0.25, 0.3) is 11.3 Å². The molecule has 2 aromatic carbocycles. The van der Waals surface area contributed by atoms with Crippen molar-refractivity contribution in [2.24, 2.45) is 0 Å². The van der Waals surface area contributed by atoms with Crippen LogP contribution in [-0.2, 0) is 11.2 Å². The maximum atomic E-state index is 13.8. The molecule has 0 aliphatic carbocycles. The van der Waals surface area contributed by atoms with E-state index in [-0.39, 0.29) is 22.9 Å². The number of aryl methyl sites for hydroxylation is 1. The molecule has 0 saturated heterocycles. The second kappa shape index (κ2) is 7.85. The van der Waals surface area contributed by atoms with Crippen LogP contribution in [0.4, 0.5) is 9.52 Å². The first kappa shape index (κ1) is 18.4. The SMILES string of the molecule is COc1ccc(-c2nc(NC(=O)Cc3c(F)cccc3Cl)sc2C)cc1. The van der Waals surface area contributed by atoms with Crippen molar-refractivity contribution in [1.29, 1.82) is 0 Å². The second-order valence-corrected chi connectivity index (χ2v) is 7.19. The van der Waals surface area contributed by atoms with Gasteiger partial charge in [-0.25, -0.2) is 9.37 Å². The van der Waals surface area contributed by atoms with E-state index in [4.69, 9.17) is 16.3 Å². The zero-order chi connectivity index (χ0) is 18.7. The van der Waals surface area contributed by atoms with Gasteiger partial charge in [0.1, 0.15) is 11.6 Å². The maximum Gasteiger partial charge on any atom is 0.230 e. The molecule has 26 heavy (non-hydrogen) atoms. The second-order valence-electron chi connectivity index (χ2n) is 5.58. The standard InChI is InChI=1S/C19H16ClFN2O2S/c1-11-18(12-6-8-13(25-2)9-7-12)23-19(26-11)22-17(24)10-14-15(20)4-3-5-16(14)21/h3-9H,10H2,1-2H3,(H,22,23,24). The summed E-state index contributed by atoms with van der Waals surface area (Å²) in [5, 5.41) is 3.41. The van der Waals surface area contributed by atoms with E-state index >= 15 is 0 Å². The van der Waals surface area contributed by atoms with Gasteiger partial charge >= 0.3 is 0 Å². The van der Waals surface area contributed by atoms with Gasteiger partial charge in [-0.15, -0.1) is 11.3 Å². The number of nitrogens with zero attached hydrogens (tertiary/aromatic N) is 1. The molecule has 3 aromatic rings. The van der Waals surface area contributed by atoms with Gasteiger partial charge in [-0.05, 0) is 43.3 Å². The molecule has 1 aromatic heterocycles. The third kappa shape index (κ3) is 4.03. The number of aromatic nitrogens is 1. The van der Waals surface area contributed by atoms with Crippen molar-refractivity contribution in [2.75, 3.05) is 12.4 Å². The van der Waals surface area contributed by atoms with Gasteiger partial charge in [0.2, 0.25) is 5.91 Å². The molecule has 0 radical (unpaired) electrons. The molecule has 3 rings (SSSR count). The summed E-state index contributed by atoms with van der Waals surface area (Å²) in [5.74, 6) is -0.106. The van der Waals surface area contributed by atoms with Crippen LogP contribution in [0, 0.1) is 12.7 Å². The Balaban J connectivity index is 1.75. The molecule has 1 N–H and O–H groups in total. The van der Waals surface area contributed by atoms with Crippen LogP contribution in [-0.4, -0.2) is 18.0 Å². The lowest BCUT2D eigenvalue weighted by Crippen LogP contribution is -2.15. The van der Waals surface area contributed by atoms with Crippen LogP contribution < -0.4 is 10.1 Å². The lowest BCUT2D eigenvalue weighted by atomic mass is 10.1. The summed E-state index contributed by atoms with van der Waals surface area (Å²) in [6.07, 6.45) is -0.151. The molecule has 0 aliphatic rings. The van der Waals surface area contributed by atoms with Crippen molar-refractivity contribution in [3.8, 4) is 17.0 Å². The van der Waals surface area contributed by atoms with E-state index < -0.39 is 5.82 Å². The molecule has 0 atom stereocenters. The minimum Gasteiger partial charge on any atom is -0.497 e. The normalized spacial score (nSPS) is 10.6. The third-order valence-corrected chi connectivity index (χ3v) is 5.05. The van der Waals surface area contributed by atoms with Gasteiger partial charge in [-0.1, -0.05) is 17.7 Å². The molecule has 0 unspecified atom stereocenters. The fourth-order valence-electron chi connectivity index (χ4n) is 2.49. The van der Waals surface area contributed by atoms with Gasteiger partial charge in [-0.2, -0.15) is 0 Å². The van der Waals surface area contributed by atoms with Gasteiger partial charge in [0.05, 0.1) is 19.2 Å². The number of amides is 1. The smallest absolute Gasteiger partial charge is 0.230 e. The Morgan fingerprint density at radius 1 is 1.27 bits per heavy atom. The van der Waals surface area contributed by atoms with E-state index in [0.29, 0.717) is 5.13 Å². The van der Waals surface area contributed by atoms with E-state index in [2.05, 4.69) is 10.3 Å². The maximum absolute atomic E-state index is 13.8. The molecular weight excluding hydrogens is 375 g/mol. The summed E-state index contributed by atoms with van der Waals surface area (Å²) >= 11 is 7.33. The molecule has 0 spiro atoms. The highest BCUT2D eigenvalue weighted by Crippen LogP contribution is 2.31. The number of benzene rings is 2. The number of rotatable bonds is 5. The first-order valence-electron chi connectivity index (χ1n) is 7.82. The van der Waals surface area contributed by atoms with Crippen molar-refractivity contribution in [1.82, 2.24) is 4.98 Å². The molecule has 0 aliphatic heterocycles. The molecular formula is C19H16ClFN2O2S. The Hall–Kier alpha value is -2.44. The van der Waals surface area contributed by atoms with Crippen LogP contribution in [0.15, 0.2) is 42.5 Å². The highest BCUT2D eigenvalue weighted by molar-refractivity contribution is 7.16. The zero-order valence-electron chi connectivity index (χ0n) is 14.2. The number of nitrogens with one attached hydrogen (secondary N) is 1. The van der Waals surface area contributed by atoms with Crippen molar-refractivity contribution in [3.63, 3.8) is 0 Å². The van der Waals surface area contributed by atoms with Gasteiger partial charge in [0, 0.05) is 21.0 Å².